The van der Waals surface area contributed by atoms with Crippen molar-refractivity contribution in [3.63, 3.8) is 0 Å². The normalized spacial score (nSPS) is 20.8. The van der Waals surface area contributed by atoms with E-state index in [0.717, 1.165) is 19.3 Å². The summed E-state index contributed by atoms with van der Waals surface area (Å²) in [6.07, 6.45) is 6.14. The average molecular weight is 308 g/mol. The van der Waals surface area contributed by atoms with Gasteiger partial charge in [-0.25, -0.2) is 0 Å². The molecule has 1 saturated carbocycles. The molecule has 0 radical (unpaired) electrons. The predicted molar refractivity (Wildman–Crippen MR) is 81.7 cm³/mol. The minimum atomic E-state index is -0.125. The van der Waals surface area contributed by atoms with Crippen LogP contribution >= 0.6 is 12.4 Å². The van der Waals surface area contributed by atoms with Crippen LogP contribution < -0.4 is 11.1 Å². The van der Waals surface area contributed by atoms with Gasteiger partial charge in [0.05, 0.1) is 23.6 Å². The first kappa shape index (κ1) is 15.5. The highest BCUT2D eigenvalue weighted by molar-refractivity contribution is 5.97. The Morgan fingerprint density at radius 3 is 2.62 bits per heavy atom. The van der Waals surface area contributed by atoms with Crippen LogP contribution in [0.5, 0.6) is 0 Å². The summed E-state index contributed by atoms with van der Waals surface area (Å²) in [7, 11) is 0. The summed E-state index contributed by atoms with van der Waals surface area (Å²) in [4.78, 5) is 13.9. The van der Waals surface area contributed by atoms with Gasteiger partial charge >= 0.3 is 0 Å². The molecular weight excluding hydrogens is 290 g/mol. The fourth-order valence-electron chi connectivity index (χ4n) is 2.59. The molecule has 0 spiro atoms. The highest BCUT2D eigenvalue weighted by atomic mass is 35.5. The van der Waals surface area contributed by atoms with E-state index in [9.17, 15) is 4.79 Å². The van der Waals surface area contributed by atoms with Gasteiger partial charge in [0.1, 0.15) is 0 Å². The van der Waals surface area contributed by atoms with Crippen molar-refractivity contribution in [2.24, 2.45) is 5.73 Å². The molecule has 1 fully saturated rings. The Labute approximate surface area is 129 Å². The zero-order valence-electron chi connectivity index (χ0n) is 11.5. The Morgan fingerprint density at radius 1 is 1.24 bits per heavy atom. The number of hydrogen-bond donors (Lipinski definition) is 2. The van der Waals surface area contributed by atoms with Gasteiger partial charge in [0.15, 0.2) is 0 Å². The SMILES string of the molecule is Cl.N[C@H]1CCC[C@@H]1NC(=O)c1ccccc1-n1nccn1. The van der Waals surface area contributed by atoms with Gasteiger partial charge in [0.2, 0.25) is 0 Å². The van der Waals surface area contributed by atoms with E-state index < -0.39 is 0 Å². The molecule has 2 atom stereocenters. The third-order valence-corrected chi connectivity index (χ3v) is 3.67. The molecule has 3 N–H and O–H groups in total. The number of aromatic nitrogens is 3. The molecular formula is C14H18ClN5O. The molecule has 3 rings (SSSR count). The third kappa shape index (κ3) is 3.22. The number of carbonyl (C=O) groups excluding carboxylic acids is 1. The van der Waals surface area contributed by atoms with Crippen LogP contribution in [0.4, 0.5) is 0 Å². The van der Waals surface area contributed by atoms with Crippen molar-refractivity contribution in [3.05, 3.63) is 42.2 Å². The number of nitrogens with two attached hydrogens (primary N) is 1. The molecule has 1 heterocycles. The van der Waals surface area contributed by atoms with Crippen LogP contribution in [0.3, 0.4) is 0 Å². The second kappa shape index (κ2) is 6.69. The molecule has 0 bridgehead atoms. The van der Waals surface area contributed by atoms with Crippen molar-refractivity contribution < 1.29 is 4.79 Å². The highest BCUT2D eigenvalue weighted by Gasteiger charge is 2.26. The Kier molecular flexibility index (Phi) is 4.93. The van der Waals surface area contributed by atoms with Crippen LogP contribution in [0.1, 0.15) is 29.6 Å². The fraction of sp³-hybridized carbons (Fsp3) is 0.357. The molecule has 112 valence electrons. The second-order valence-corrected chi connectivity index (χ2v) is 5.01. The molecule has 0 aliphatic heterocycles. The van der Waals surface area contributed by atoms with E-state index in [2.05, 4.69) is 15.5 Å². The average Bonchev–Trinajstić information content (AvgIpc) is 3.11. The Morgan fingerprint density at radius 2 is 1.95 bits per heavy atom. The number of nitrogens with zero attached hydrogens (tertiary/aromatic N) is 3. The van der Waals surface area contributed by atoms with E-state index >= 15 is 0 Å². The fourth-order valence-corrected chi connectivity index (χ4v) is 2.59. The van der Waals surface area contributed by atoms with Crippen molar-refractivity contribution in [3.8, 4) is 5.69 Å². The number of carbonyl (C=O) groups is 1. The smallest absolute Gasteiger partial charge is 0.253 e. The first-order valence-corrected chi connectivity index (χ1v) is 6.78. The summed E-state index contributed by atoms with van der Waals surface area (Å²) >= 11 is 0. The molecule has 1 aromatic carbocycles. The van der Waals surface area contributed by atoms with Crippen LogP contribution in [0.15, 0.2) is 36.7 Å². The number of para-hydroxylation sites is 1. The van der Waals surface area contributed by atoms with Crippen LogP contribution in [0, 0.1) is 0 Å². The lowest BCUT2D eigenvalue weighted by Crippen LogP contribution is -2.44. The summed E-state index contributed by atoms with van der Waals surface area (Å²) in [5, 5.41) is 11.2. The van der Waals surface area contributed by atoms with E-state index in [-0.39, 0.29) is 30.4 Å². The molecule has 1 aliphatic carbocycles. The summed E-state index contributed by atoms with van der Waals surface area (Å²) < 4.78 is 0. The molecule has 1 amide bonds. The lowest BCUT2D eigenvalue weighted by Gasteiger charge is -2.18. The Hall–Kier alpha value is -1.92. The number of hydrogen-bond acceptors (Lipinski definition) is 4. The third-order valence-electron chi connectivity index (χ3n) is 3.67. The molecule has 6 nitrogen and oxygen atoms in total. The zero-order valence-corrected chi connectivity index (χ0v) is 12.3. The molecule has 2 aromatic rings. The van der Waals surface area contributed by atoms with Crippen molar-refractivity contribution in [1.82, 2.24) is 20.3 Å². The maximum atomic E-state index is 12.4. The van der Waals surface area contributed by atoms with E-state index in [1.807, 2.05) is 18.2 Å². The monoisotopic (exact) mass is 307 g/mol. The minimum absolute atomic E-state index is 0. The summed E-state index contributed by atoms with van der Waals surface area (Å²) in [5.74, 6) is -0.125. The minimum Gasteiger partial charge on any atom is -0.348 e. The van der Waals surface area contributed by atoms with Crippen molar-refractivity contribution in [2.75, 3.05) is 0 Å². The molecule has 1 aromatic heterocycles. The standard InChI is InChI=1S/C14H17N5O.ClH/c15-11-5-3-6-12(11)18-14(20)10-4-1-2-7-13(10)19-16-8-9-17-19;/h1-2,4,7-9,11-12H,3,5-6,15H2,(H,18,20);1H/t11-,12-;/m0./s1. The Bertz CT molecular complexity index is 601. The number of halogens is 1. The van der Waals surface area contributed by atoms with Crippen molar-refractivity contribution in [2.45, 2.75) is 31.3 Å². The largest absolute Gasteiger partial charge is 0.348 e. The van der Waals surface area contributed by atoms with Crippen LogP contribution in [0.2, 0.25) is 0 Å². The number of amides is 1. The van der Waals surface area contributed by atoms with Crippen LogP contribution in [-0.2, 0) is 0 Å². The van der Waals surface area contributed by atoms with E-state index in [0.29, 0.717) is 11.3 Å². The van der Waals surface area contributed by atoms with Gasteiger partial charge in [-0.1, -0.05) is 12.1 Å². The topological polar surface area (TPSA) is 85.8 Å². The molecule has 0 saturated heterocycles. The van der Waals surface area contributed by atoms with Gasteiger partial charge in [-0.15, -0.1) is 12.4 Å². The van der Waals surface area contributed by atoms with Gasteiger partial charge in [-0.2, -0.15) is 15.0 Å². The highest BCUT2D eigenvalue weighted by Crippen LogP contribution is 2.19. The van der Waals surface area contributed by atoms with Gasteiger partial charge in [-0.05, 0) is 31.4 Å². The van der Waals surface area contributed by atoms with Crippen molar-refractivity contribution >= 4 is 18.3 Å². The van der Waals surface area contributed by atoms with Crippen LogP contribution in [-0.4, -0.2) is 33.0 Å². The lowest BCUT2D eigenvalue weighted by atomic mass is 10.1. The molecule has 7 heteroatoms. The predicted octanol–water partition coefficient (Wildman–Crippen LogP) is 1.30. The second-order valence-electron chi connectivity index (χ2n) is 5.01. The van der Waals surface area contributed by atoms with Crippen molar-refractivity contribution in [1.29, 1.82) is 0 Å². The number of rotatable bonds is 3. The zero-order chi connectivity index (χ0) is 13.9. The van der Waals surface area contributed by atoms with Gasteiger partial charge in [0, 0.05) is 12.1 Å². The molecule has 21 heavy (non-hydrogen) atoms. The van der Waals surface area contributed by atoms with Gasteiger partial charge in [-0.3, -0.25) is 4.79 Å². The van der Waals surface area contributed by atoms with E-state index in [1.54, 1.807) is 18.5 Å². The quantitative estimate of drug-likeness (QED) is 0.895. The number of nitrogens with one attached hydrogen (secondary N) is 1. The van der Waals surface area contributed by atoms with Gasteiger partial charge < -0.3 is 11.1 Å². The maximum Gasteiger partial charge on any atom is 0.253 e. The number of benzene rings is 1. The van der Waals surface area contributed by atoms with E-state index in [4.69, 9.17) is 5.73 Å². The van der Waals surface area contributed by atoms with E-state index in [1.165, 1.54) is 4.80 Å². The summed E-state index contributed by atoms with van der Waals surface area (Å²) in [6.45, 7) is 0. The first-order chi connectivity index (χ1) is 9.75. The lowest BCUT2D eigenvalue weighted by molar-refractivity contribution is 0.0934. The Balaban J connectivity index is 0.00000161. The molecule has 1 aliphatic rings. The summed E-state index contributed by atoms with van der Waals surface area (Å²) in [6, 6.07) is 7.39. The molecule has 0 unspecified atom stereocenters. The summed E-state index contributed by atoms with van der Waals surface area (Å²) in [5.41, 5.74) is 7.22. The van der Waals surface area contributed by atoms with Gasteiger partial charge in [0.25, 0.3) is 5.91 Å². The maximum absolute atomic E-state index is 12.4. The first-order valence-electron chi connectivity index (χ1n) is 6.78. The van der Waals surface area contributed by atoms with Crippen LogP contribution in [0.25, 0.3) is 5.69 Å².